The Morgan fingerprint density at radius 3 is 2.23 bits per heavy atom. The summed E-state index contributed by atoms with van der Waals surface area (Å²) in [5.74, 6) is 1.13. The van der Waals surface area contributed by atoms with E-state index in [-0.39, 0.29) is 10.7 Å². The summed E-state index contributed by atoms with van der Waals surface area (Å²) >= 11 is 0. The van der Waals surface area contributed by atoms with Crippen molar-refractivity contribution in [2.75, 3.05) is 4.72 Å². The van der Waals surface area contributed by atoms with Crippen molar-refractivity contribution < 1.29 is 13.2 Å². The van der Waals surface area contributed by atoms with Gasteiger partial charge in [0.15, 0.2) is 0 Å². The number of hydrogen-bond donors (Lipinski definition) is 1. The third-order valence-electron chi connectivity index (χ3n) is 3.49. The summed E-state index contributed by atoms with van der Waals surface area (Å²) in [5, 5.41) is 0. The molecule has 0 fully saturated rings. The van der Waals surface area contributed by atoms with Crippen molar-refractivity contribution in [2.45, 2.75) is 11.8 Å². The van der Waals surface area contributed by atoms with E-state index < -0.39 is 10.0 Å². The van der Waals surface area contributed by atoms with E-state index in [2.05, 4.69) is 9.71 Å². The van der Waals surface area contributed by atoms with Gasteiger partial charge in [-0.25, -0.2) is 8.42 Å². The van der Waals surface area contributed by atoms with E-state index in [1.54, 1.807) is 30.3 Å². The minimum absolute atomic E-state index is 0.171. The number of allylic oxidation sites excluding steroid dienone is 1. The Balaban J connectivity index is 1.92. The van der Waals surface area contributed by atoms with Gasteiger partial charge in [0, 0.05) is 5.56 Å². The lowest BCUT2D eigenvalue weighted by molar-refractivity contribution is 0.462. The molecule has 0 aliphatic carbocycles. The predicted molar refractivity (Wildman–Crippen MR) is 103 cm³/mol. The average Bonchev–Trinajstić information content (AvgIpc) is 2.65. The van der Waals surface area contributed by atoms with E-state index in [0.717, 1.165) is 5.56 Å². The fourth-order valence-corrected chi connectivity index (χ4v) is 3.31. The second kappa shape index (κ2) is 7.84. The summed E-state index contributed by atoms with van der Waals surface area (Å²) in [4.78, 5) is 4.50. The SMILES string of the molecule is C/C=C/c1ccc(NS(=O)(=O)c2ccccc2)nc1Oc1ccccc1. The molecule has 3 aromatic rings. The number of hydrogen-bond acceptors (Lipinski definition) is 4. The molecule has 1 N–H and O–H groups in total. The molecule has 1 aromatic heterocycles. The normalized spacial score (nSPS) is 11.4. The molecule has 6 heteroatoms. The van der Waals surface area contributed by atoms with Crippen LogP contribution in [-0.2, 0) is 10.0 Å². The second-order valence-corrected chi connectivity index (χ2v) is 7.11. The van der Waals surface area contributed by atoms with Crippen molar-refractivity contribution in [1.82, 2.24) is 4.98 Å². The molecule has 3 rings (SSSR count). The summed E-state index contributed by atoms with van der Waals surface area (Å²) in [7, 11) is -3.71. The van der Waals surface area contributed by atoms with Crippen LogP contribution >= 0.6 is 0 Å². The number of nitrogens with one attached hydrogen (secondary N) is 1. The predicted octanol–water partition coefficient (Wildman–Crippen LogP) is 4.71. The first kappa shape index (κ1) is 17.7. The van der Waals surface area contributed by atoms with Gasteiger partial charge in [0.1, 0.15) is 11.6 Å². The molecule has 0 unspecified atom stereocenters. The monoisotopic (exact) mass is 366 g/mol. The van der Waals surface area contributed by atoms with Gasteiger partial charge in [-0.3, -0.25) is 4.72 Å². The zero-order valence-corrected chi connectivity index (χ0v) is 15.0. The first-order valence-electron chi connectivity index (χ1n) is 8.03. The molecule has 26 heavy (non-hydrogen) atoms. The summed E-state index contributed by atoms with van der Waals surface area (Å²) < 4.78 is 33.3. The highest BCUT2D eigenvalue weighted by Gasteiger charge is 2.15. The summed E-state index contributed by atoms with van der Waals surface area (Å²) in [6, 6.07) is 20.7. The Morgan fingerprint density at radius 2 is 1.58 bits per heavy atom. The molecule has 0 bridgehead atoms. The maximum absolute atomic E-state index is 12.5. The Morgan fingerprint density at radius 1 is 0.923 bits per heavy atom. The molecule has 132 valence electrons. The number of benzene rings is 2. The maximum atomic E-state index is 12.5. The van der Waals surface area contributed by atoms with Crippen LogP contribution in [0.4, 0.5) is 5.82 Å². The lowest BCUT2D eigenvalue weighted by Crippen LogP contribution is -2.14. The number of nitrogens with zero attached hydrogens (tertiary/aromatic N) is 1. The molecule has 0 radical (unpaired) electrons. The number of aromatic nitrogens is 1. The number of ether oxygens (including phenoxy) is 1. The lowest BCUT2D eigenvalue weighted by Gasteiger charge is -2.11. The minimum Gasteiger partial charge on any atom is -0.438 e. The van der Waals surface area contributed by atoms with Crippen molar-refractivity contribution in [3.63, 3.8) is 0 Å². The van der Waals surface area contributed by atoms with Crippen LogP contribution in [0.1, 0.15) is 12.5 Å². The number of rotatable bonds is 6. The summed E-state index contributed by atoms with van der Waals surface area (Å²) in [6.07, 6.45) is 3.71. The molecule has 2 aromatic carbocycles. The van der Waals surface area contributed by atoms with Crippen molar-refractivity contribution in [3.05, 3.63) is 84.4 Å². The van der Waals surface area contributed by atoms with E-state index in [9.17, 15) is 8.42 Å². The summed E-state index contributed by atoms with van der Waals surface area (Å²) in [5.41, 5.74) is 0.749. The number of sulfonamides is 1. The molecular weight excluding hydrogens is 348 g/mol. The maximum Gasteiger partial charge on any atom is 0.263 e. The molecule has 5 nitrogen and oxygen atoms in total. The average molecular weight is 366 g/mol. The summed E-state index contributed by atoms with van der Waals surface area (Å²) in [6.45, 7) is 1.89. The van der Waals surface area contributed by atoms with Gasteiger partial charge in [-0.05, 0) is 43.3 Å². The van der Waals surface area contributed by atoms with Crippen molar-refractivity contribution in [2.24, 2.45) is 0 Å². The van der Waals surface area contributed by atoms with Gasteiger partial charge in [-0.2, -0.15) is 4.98 Å². The number of pyridine rings is 1. The molecule has 1 heterocycles. The standard InChI is InChI=1S/C20H18N2O3S/c1-2-9-16-14-15-19(21-20(16)25-17-10-5-3-6-11-17)22-26(23,24)18-12-7-4-8-13-18/h2-15H,1H3,(H,21,22)/b9-2+. The molecular formula is C20H18N2O3S. The van der Waals surface area contributed by atoms with Gasteiger partial charge in [-0.1, -0.05) is 48.6 Å². The van der Waals surface area contributed by atoms with Crippen molar-refractivity contribution >= 4 is 21.9 Å². The van der Waals surface area contributed by atoms with Gasteiger partial charge >= 0.3 is 0 Å². The molecule has 0 aliphatic heterocycles. The smallest absolute Gasteiger partial charge is 0.263 e. The van der Waals surface area contributed by atoms with Gasteiger partial charge in [-0.15, -0.1) is 0 Å². The lowest BCUT2D eigenvalue weighted by atomic mass is 10.2. The number of anilines is 1. The molecule has 0 spiro atoms. The van der Waals surface area contributed by atoms with E-state index in [0.29, 0.717) is 11.6 Å². The van der Waals surface area contributed by atoms with Crippen LogP contribution in [0.3, 0.4) is 0 Å². The second-order valence-electron chi connectivity index (χ2n) is 5.42. The topological polar surface area (TPSA) is 68.3 Å². The van der Waals surface area contributed by atoms with Crippen LogP contribution < -0.4 is 9.46 Å². The van der Waals surface area contributed by atoms with Crippen molar-refractivity contribution in [3.8, 4) is 11.6 Å². The number of para-hydroxylation sites is 1. The van der Waals surface area contributed by atoms with Crippen LogP contribution in [0.5, 0.6) is 11.6 Å². The third-order valence-corrected chi connectivity index (χ3v) is 4.86. The largest absolute Gasteiger partial charge is 0.438 e. The van der Waals surface area contributed by atoms with Gasteiger partial charge in [0.25, 0.3) is 10.0 Å². The van der Waals surface area contributed by atoms with Crippen LogP contribution in [0.2, 0.25) is 0 Å². The van der Waals surface area contributed by atoms with E-state index >= 15 is 0 Å². The van der Waals surface area contributed by atoms with Crippen LogP contribution in [0.15, 0.2) is 83.8 Å². The van der Waals surface area contributed by atoms with Crippen LogP contribution in [-0.4, -0.2) is 13.4 Å². The zero-order chi connectivity index (χ0) is 18.4. The first-order chi connectivity index (χ1) is 12.6. The van der Waals surface area contributed by atoms with E-state index in [1.165, 1.54) is 12.1 Å². The molecule has 0 atom stereocenters. The van der Waals surface area contributed by atoms with Gasteiger partial charge in [0.2, 0.25) is 5.88 Å². The molecule has 0 saturated heterocycles. The van der Waals surface area contributed by atoms with E-state index in [4.69, 9.17) is 4.74 Å². The highest BCUT2D eigenvalue weighted by molar-refractivity contribution is 7.92. The minimum atomic E-state index is -3.71. The molecule has 0 amide bonds. The fraction of sp³-hybridized carbons (Fsp3) is 0.0500. The Hall–Kier alpha value is -3.12. The van der Waals surface area contributed by atoms with Crippen LogP contribution in [0.25, 0.3) is 6.08 Å². The Kier molecular flexibility index (Phi) is 5.34. The van der Waals surface area contributed by atoms with E-state index in [1.807, 2.05) is 49.4 Å². The highest BCUT2D eigenvalue weighted by Crippen LogP contribution is 2.27. The van der Waals surface area contributed by atoms with Crippen LogP contribution in [0, 0.1) is 0 Å². The fourth-order valence-electron chi connectivity index (χ4n) is 2.29. The van der Waals surface area contributed by atoms with Crippen molar-refractivity contribution in [1.29, 1.82) is 0 Å². The molecule has 0 aliphatic rings. The third kappa shape index (κ3) is 4.29. The zero-order valence-electron chi connectivity index (χ0n) is 14.2. The quantitative estimate of drug-likeness (QED) is 0.686. The van der Waals surface area contributed by atoms with Gasteiger partial charge < -0.3 is 4.74 Å². The highest BCUT2D eigenvalue weighted by atomic mass is 32.2. The van der Waals surface area contributed by atoms with Gasteiger partial charge in [0.05, 0.1) is 4.90 Å². The Labute approximate surface area is 153 Å². The Bertz CT molecular complexity index is 1000. The first-order valence-corrected chi connectivity index (χ1v) is 9.51. The molecule has 0 saturated carbocycles.